The highest BCUT2D eigenvalue weighted by Crippen LogP contribution is 2.73. The fraction of sp³-hybridized carbons (Fsp3) is 0.550. The molecule has 1 amide bonds. The number of nitrogens with one attached hydrogen (secondary N) is 1. The third-order valence-electron chi connectivity index (χ3n) is 7.93. The number of hydrogen-bond acceptors (Lipinski definition) is 3. The number of rotatable bonds is 1. The maximum Gasteiger partial charge on any atom is 0.238 e. The number of para-hydroxylation sites is 1. The van der Waals surface area contributed by atoms with Crippen LogP contribution in [0, 0.1) is 23.2 Å². The molecule has 2 saturated heterocycles. The zero-order valence-corrected chi connectivity index (χ0v) is 13.9. The highest BCUT2D eigenvalue weighted by molar-refractivity contribution is 6.07. The first-order valence-corrected chi connectivity index (χ1v) is 9.01. The number of fused-ring (bicyclic) bond motifs is 5. The first kappa shape index (κ1) is 13.6. The Bertz CT molecular complexity index is 792. The standard InChI is InChI=1S/C20H22N2O2/c1-3-19-10-22(2)16-11-9-24-15(8-13(11)19)20(17(16)19)12-6-4-5-7-14(12)21-18(20)23/h3-7,11,13,15-17H,1,8-10H2,2H3,(H,21,23)/t11-,13+,15-,16-,17+,19-,20+/m1/s1. The first-order chi connectivity index (χ1) is 11.6. The van der Waals surface area contributed by atoms with Crippen molar-refractivity contribution in [2.24, 2.45) is 23.2 Å². The Morgan fingerprint density at radius 3 is 3.08 bits per heavy atom. The average molecular weight is 322 g/mol. The summed E-state index contributed by atoms with van der Waals surface area (Å²) in [5.41, 5.74) is 1.61. The lowest BCUT2D eigenvalue weighted by Crippen LogP contribution is -2.62. The van der Waals surface area contributed by atoms with Crippen molar-refractivity contribution in [2.45, 2.75) is 24.0 Å². The molecule has 4 fully saturated rings. The van der Waals surface area contributed by atoms with E-state index in [4.69, 9.17) is 4.74 Å². The molecule has 0 radical (unpaired) electrons. The normalized spacial score (nSPS) is 50.4. The molecule has 4 heteroatoms. The number of carbonyl (C=O) groups is 1. The van der Waals surface area contributed by atoms with Gasteiger partial charge in [0.15, 0.2) is 0 Å². The van der Waals surface area contributed by atoms with Crippen LogP contribution in [0.5, 0.6) is 0 Å². The van der Waals surface area contributed by atoms with Gasteiger partial charge in [-0.25, -0.2) is 0 Å². The lowest BCUT2D eigenvalue weighted by molar-refractivity contribution is -0.153. The summed E-state index contributed by atoms with van der Waals surface area (Å²) < 4.78 is 6.34. The van der Waals surface area contributed by atoms with Crippen molar-refractivity contribution in [1.29, 1.82) is 0 Å². The summed E-state index contributed by atoms with van der Waals surface area (Å²) in [5.74, 6) is 1.56. The topological polar surface area (TPSA) is 41.6 Å². The highest BCUT2D eigenvalue weighted by atomic mass is 16.5. The Morgan fingerprint density at radius 1 is 1.42 bits per heavy atom. The Balaban J connectivity index is 1.69. The summed E-state index contributed by atoms with van der Waals surface area (Å²) >= 11 is 0. The smallest absolute Gasteiger partial charge is 0.238 e. The molecule has 24 heavy (non-hydrogen) atoms. The number of benzene rings is 1. The quantitative estimate of drug-likeness (QED) is 0.805. The van der Waals surface area contributed by atoms with Gasteiger partial charge in [0.2, 0.25) is 5.91 Å². The van der Waals surface area contributed by atoms with Gasteiger partial charge in [0, 0.05) is 35.5 Å². The SMILES string of the molecule is C=C[C@@]12CN(C)[C@@H]3[C@@H]4CO[C@H](C[C@@H]41)[C@]1(C(=O)Nc4ccccc41)[C@@H]32. The molecule has 1 aromatic carbocycles. The number of carbonyl (C=O) groups excluding carboxylic acids is 1. The van der Waals surface area contributed by atoms with Gasteiger partial charge in [-0.1, -0.05) is 24.3 Å². The van der Waals surface area contributed by atoms with Crippen molar-refractivity contribution in [1.82, 2.24) is 4.90 Å². The van der Waals surface area contributed by atoms with Crippen LogP contribution < -0.4 is 5.32 Å². The molecule has 124 valence electrons. The summed E-state index contributed by atoms with van der Waals surface area (Å²) in [6, 6.07) is 8.64. The van der Waals surface area contributed by atoms with Crippen molar-refractivity contribution >= 4 is 11.6 Å². The molecule has 1 aromatic rings. The van der Waals surface area contributed by atoms with Crippen LogP contribution in [0.3, 0.4) is 0 Å². The van der Waals surface area contributed by atoms with Crippen LogP contribution in [-0.4, -0.2) is 43.2 Å². The van der Waals surface area contributed by atoms with Crippen LogP contribution >= 0.6 is 0 Å². The largest absolute Gasteiger partial charge is 0.376 e. The van der Waals surface area contributed by atoms with E-state index in [1.165, 1.54) is 0 Å². The molecular formula is C20H22N2O2. The second-order valence-corrected chi connectivity index (χ2v) is 8.40. The number of likely N-dealkylation sites (tertiary alicyclic amines) is 1. The summed E-state index contributed by atoms with van der Waals surface area (Å²) in [5, 5.41) is 3.18. The van der Waals surface area contributed by atoms with Gasteiger partial charge in [-0.15, -0.1) is 6.58 Å². The predicted molar refractivity (Wildman–Crippen MR) is 90.6 cm³/mol. The average Bonchev–Trinajstić information content (AvgIpc) is 3.08. The van der Waals surface area contributed by atoms with Gasteiger partial charge in [-0.05, 0) is 31.0 Å². The molecule has 3 aliphatic heterocycles. The van der Waals surface area contributed by atoms with E-state index in [0.29, 0.717) is 17.9 Å². The maximum atomic E-state index is 13.4. The van der Waals surface area contributed by atoms with Gasteiger partial charge in [0.05, 0.1) is 12.7 Å². The molecule has 2 aliphatic carbocycles. The zero-order chi connectivity index (χ0) is 16.3. The van der Waals surface area contributed by atoms with Gasteiger partial charge in [0.25, 0.3) is 0 Å². The summed E-state index contributed by atoms with van der Waals surface area (Å²) in [4.78, 5) is 15.9. The Kier molecular flexibility index (Phi) is 2.24. The predicted octanol–water partition coefficient (Wildman–Crippen LogP) is 2.03. The minimum absolute atomic E-state index is 0.00280. The van der Waals surface area contributed by atoms with E-state index in [-0.39, 0.29) is 23.3 Å². The molecule has 0 unspecified atom stereocenters. The van der Waals surface area contributed by atoms with E-state index in [1.54, 1.807) is 0 Å². The van der Waals surface area contributed by atoms with E-state index in [1.807, 2.05) is 12.1 Å². The van der Waals surface area contributed by atoms with Crippen molar-refractivity contribution in [3.05, 3.63) is 42.5 Å². The monoisotopic (exact) mass is 322 g/mol. The summed E-state index contributed by atoms with van der Waals surface area (Å²) in [6.07, 6.45) is 3.17. The fourth-order valence-electron chi connectivity index (χ4n) is 7.38. The maximum absolute atomic E-state index is 13.4. The number of piperidine rings is 1. The van der Waals surface area contributed by atoms with Gasteiger partial charge < -0.3 is 15.0 Å². The van der Waals surface area contributed by atoms with Crippen LogP contribution in [0.1, 0.15) is 12.0 Å². The van der Waals surface area contributed by atoms with Crippen molar-refractivity contribution in [2.75, 3.05) is 25.5 Å². The minimum atomic E-state index is -0.554. The second-order valence-electron chi connectivity index (χ2n) is 8.40. The second kappa shape index (κ2) is 3.94. The van der Waals surface area contributed by atoms with Crippen molar-refractivity contribution in [3.8, 4) is 0 Å². The molecule has 2 saturated carbocycles. The van der Waals surface area contributed by atoms with E-state index >= 15 is 0 Å². The Morgan fingerprint density at radius 2 is 2.25 bits per heavy atom. The molecule has 5 bridgehead atoms. The third-order valence-corrected chi connectivity index (χ3v) is 7.93. The van der Waals surface area contributed by atoms with Crippen LogP contribution in [-0.2, 0) is 14.9 Å². The number of hydrogen-bond donors (Lipinski definition) is 1. The van der Waals surface area contributed by atoms with Crippen LogP contribution in [0.25, 0.3) is 0 Å². The molecule has 5 aliphatic rings. The molecular weight excluding hydrogens is 300 g/mol. The number of ether oxygens (including phenoxy) is 1. The molecule has 1 spiro atoms. The molecule has 3 heterocycles. The fourth-order valence-corrected chi connectivity index (χ4v) is 7.38. The molecule has 4 nitrogen and oxygen atoms in total. The van der Waals surface area contributed by atoms with Crippen molar-refractivity contribution in [3.63, 3.8) is 0 Å². The van der Waals surface area contributed by atoms with Crippen LogP contribution in [0.4, 0.5) is 5.69 Å². The van der Waals surface area contributed by atoms with E-state index in [2.05, 4.69) is 42.1 Å². The van der Waals surface area contributed by atoms with Crippen LogP contribution in [0.15, 0.2) is 36.9 Å². The first-order valence-electron chi connectivity index (χ1n) is 9.01. The molecule has 0 aromatic heterocycles. The van der Waals surface area contributed by atoms with Crippen molar-refractivity contribution < 1.29 is 9.53 Å². The lowest BCUT2D eigenvalue weighted by atomic mass is 9.51. The van der Waals surface area contributed by atoms with E-state index in [0.717, 1.165) is 30.8 Å². The van der Waals surface area contributed by atoms with Gasteiger partial charge >= 0.3 is 0 Å². The number of amides is 1. The Labute approximate surface area is 141 Å². The molecule has 7 atom stereocenters. The molecule has 6 rings (SSSR count). The lowest BCUT2D eigenvalue weighted by Gasteiger charge is -2.54. The Hall–Kier alpha value is -1.65. The number of anilines is 1. The number of nitrogens with zero attached hydrogens (tertiary/aromatic N) is 1. The highest BCUT2D eigenvalue weighted by Gasteiger charge is 2.79. The molecule has 1 N–H and O–H groups in total. The third kappa shape index (κ3) is 1.12. The minimum Gasteiger partial charge on any atom is -0.376 e. The van der Waals surface area contributed by atoms with E-state index < -0.39 is 5.41 Å². The van der Waals surface area contributed by atoms with Gasteiger partial charge in [-0.3, -0.25) is 4.79 Å². The van der Waals surface area contributed by atoms with Crippen LogP contribution in [0.2, 0.25) is 0 Å². The summed E-state index contributed by atoms with van der Waals surface area (Å²) in [7, 11) is 2.21. The summed E-state index contributed by atoms with van der Waals surface area (Å²) in [6.45, 7) is 6.06. The van der Waals surface area contributed by atoms with Gasteiger partial charge in [-0.2, -0.15) is 0 Å². The van der Waals surface area contributed by atoms with Gasteiger partial charge in [0.1, 0.15) is 5.41 Å². The zero-order valence-electron chi connectivity index (χ0n) is 13.9. The van der Waals surface area contributed by atoms with E-state index in [9.17, 15) is 4.79 Å².